The highest BCUT2D eigenvalue weighted by molar-refractivity contribution is 6.69. The van der Waals surface area contributed by atoms with Crippen LogP contribution in [-0.2, 0) is 0 Å². The Balaban J connectivity index is 1.82. The number of rotatable bonds is 2. The Kier molecular flexibility index (Phi) is 3.76. The lowest BCUT2D eigenvalue weighted by molar-refractivity contribution is -0.541. The quantitative estimate of drug-likeness (QED) is 0.475. The molecular formula is C23H17BF2N2. The van der Waals surface area contributed by atoms with Crippen molar-refractivity contribution in [1.82, 2.24) is 0 Å². The molecule has 4 aromatic rings. The van der Waals surface area contributed by atoms with Crippen molar-refractivity contribution in [1.29, 1.82) is 0 Å². The minimum atomic E-state index is -3.98. The zero-order valence-corrected chi connectivity index (χ0v) is 15.0. The summed E-state index contributed by atoms with van der Waals surface area (Å²) in [6.45, 7) is -3.98. The Morgan fingerprint density at radius 2 is 1.29 bits per heavy atom. The van der Waals surface area contributed by atoms with E-state index in [0.29, 0.717) is 11.4 Å². The lowest BCUT2D eigenvalue weighted by atomic mass is 9.71. The molecular weight excluding hydrogens is 353 g/mol. The summed E-state index contributed by atoms with van der Waals surface area (Å²) in [5.41, 5.74) is 2.00. The van der Waals surface area contributed by atoms with E-state index in [9.17, 15) is 0 Å². The summed E-state index contributed by atoms with van der Waals surface area (Å²) in [6, 6.07) is 28.1. The van der Waals surface area contributed by atoms with Crippen LogP contribution >= 0.6 is 0 Å². The number of halogens is 2. The zero-order valence-electron chi connectivity index (χ0n) is 15.0. The van der Waals surface area contributed by atoms with Gasteiger partial charge in [0.2, 0.25) is 5.82 Å². The first-order valence-electron chi connectivity index (χ1n) is 9.24. The van der Waals surface area contributed by atoms with Crippen molar-refractivity contribution in [2.24, 2.45) is 0 Å². The largest absolute Gasteiger partial charge is 0.586 e. The Labute approximate surface area is 161 Å². The van der Waals surface area contributed by atoms with Gasteiger partial charge in [0, 0.05) is 11.8 Å². The van der Waals surface area contributed by atoms with Gasteiger partial charge in [0.15, 0.2) is 0 Å². The van der Waals surface area contributed by atoms with E-state index in [-0.39, 0.29) is 5.60 Å². The summed E-state index contributed by atoms with van der Waals surface area (Å²) in [6.07, 6.45) is 1.48. The highest BCUT2D eigenvalue weighted by atomic mass is 19.2. The summed E-state index contributed by atoms with van der Waals surface area (Å²) in [5, 5.41) is 4.79. The van der Waals surface area contributed by atoms with Crippen molar-refractivity contribution < 1.29 is 13.1 Å². The highest BCUT2D eigenvalue weighted by Gasteiger charge is 2.50. The number of hydrogen-bond donors (Lipinski definition) is 1. The third-order valence-electron chi connectivity index (χ3n) is 5.23. The minimum Gasteiger partial charge on any atom is -0.430 e. The molecule has 1 aromatic heterocycles. The fourth-order valence-electron chi connectivity index (χ4n) is 3.91. The Bertz CT molecular complexity index is 1160. The summed E-state index contributed by atoms with van der Waals surface area (Å²) >= 11 is 0. The number of benzene rings is 3. The third-order valence-corrected chi connectivity index (χ3v) is 5.23. The van der Waals surface area contributed by atoms with Gasteiger partial charge < -0.3 is 13.1 Å². The van der Waals surface area contributed by atoms with Crippen LogP contribution in [0.4, 0.5) is 14.4 Å². The van der Waals surface area contributed by atoms with Crippen molar-refractivity contribution in [2.45, 2.75) is 0 Å². The van der Waals surface area contributed by atoms with Crippen LogP contribution in [0.25, 0.3) is 16.3 Å². The molecule has 1 aliphatic rings. The molecule has 5 heteroatoms. The maximum Gasteiger partial charge on any atom is 0.586 e. The molecule has 1 aliphatic heterocycles. The second kappa shape index (κ2) is 6.31. The third kappa shape index (κ3) is 2.51. The van der Waals surface area contributed by atoms with Crippen LogP contribution in [0.2, 0.25) is 0 Å². The fraction of sp³-hybridized carbons (Fsp3) is 0. The van der Waals surface area contributed by atoms with Crippen LogP contribution in [0.3, 0.4) is 0 Å². The Morgan fingerprint density at radius 3 is 1.93 bits per heavy atom. The number of hydrogen-bond acceptors (Lipinski definition) is 1. The first kappa shape index (κ1) is 16.7. The molecule has 0 amide bonds. The number of fused-ring (bicyclic) bond motifs is 3. The van der Waals surface area contributed by atoms with Gasteiger partial charge in [0.1, 0.15) is 0 Å². The highest BCUT2D eigenvalue weighted by Crippen LogP contribution is 2.37. The average Bonchev–Trinajstić information content (AvgIpc) is 3.01. The standard InChI is InChI=1S/C23H17BF2N2/c25-24(26)22(27-23-20-14-8-7-9-17(20)15-16-28(23)24)21(18-10-3-1-4-11-18)19-12-5-2-6-13-19/h1-16,27H. The van der Waals surface area contributed by atoms with Gasteiger partial charge >= 0.3 is 6.84 Å². The zero-order chi connectivity index (χ0) is 19.1. The molecule has 0 saturated heterocycles. The van der Waals surface area contributed by atoms with Crippen molar-refractivity contribution >= 4 is 29.0 Å². The summed E-state index contributed by atoms with van der Waals surface area (Å²) in [4.78, 5) is 0. The van der Waals surface area contributed by atoms with E-state index in [1.54, 1.807) is 6.07 Å². The fourth-order valence-corrected chi connectivity index (χ4v) is 3.91. The van der Waals surface area contributed by atoms with Crippen molar-refractivity contribution in [3.63, 3.8) is 0 Å². The van der Waals surface area contributed by atoms with Crippen LogP contribution in [0, 0.1) is 0 Å². The van der Waals surface area contributed by atoms with E-state index in [1.807, 2.05) is 84.9 Å². The predicted octanol–water partition coefficient (Wildman–Crippen LogP) is 5.28. The molecule has 28 heavy (non-hydrogen) atoms. The first-order chi connectivity index (χ1) is 13.7. The minimum absolute atomic E-state index is 0.0475. The number of pyridine rings is 1. The second-order valence-corrected chi connectivity index (χ2v) is 6.93. The van der Waals surface area contributed by atoms with E-state index in [2.05, 4.69) is 5.32 Å². The van der Waals surface area contributed by atoms with Gasteiger partial charge in [0.05, 0.1) is 11.0 Å². The second-order valence-electron chi connectivity index (χ2n) is 6.93. The lowest BCUT2D eigenvalue weighted by Crippen LogP contribution is -2.56. The molecule has 1 N–H and O–H groups in total. The monoisotopic (exact) mass is 370 g/mol. The number of anilines is 1. The number of aromatic nitrogens is 1. The molecule has 3 aromatic carbocycles. The topological polar surface area (TPSA) is 15.9 Å². The van der Waals surface area contributed by atoms with Crippen molar-refractivity contribution in [2.75, 3.05) is 5.32 Å². The average molecular weight is 370 g/mol. The molecule has 0 bridgehead atoms. The van der Waals surface area contributed by atoms with Crippen molar-refractivity contribution in [3.8, 4) is 0 Å². The van der Waals surface area contributed by atoms with Gasteiger partial charge in [0.25, 0.3) is 0 Å². The van der Waals surface area contributed by atoms with Gasteiger partial charge in [-0.3, -0.25) is 5.32 Å². The van der Waals surface area contributed by atoms with Gasteiger partial charge in [-0.15, -0.1) is 0 Å². The summed E-state index contributed by atoms with van der Waals surface area (Å²) in [5.74, 6) is 0.433. The molecule has 2 heterocycles. The van der Waals surface area contributed by atoms with E-state index in [0.717, 1.165) is 26.4 Å². The van der Waals surface area contributed by atoms with E-state index in [4.69, 9.17) is 0 Å². The molecule has 0 aliphatic carbocycles. The molecule has 0 radical (unpaired) electrons. The van der Waals surface area contributed by atoms with E-state index in [1.165, 1.54) is 6.20 Å². The van der Waals surface area contributed by atoms with Gasteiger partial charge in [-0.1, -0.05) is 78.9 Å². The molecule has 0 unspecified atom stereocenters. The molecule has 0 fully saturated rings. The normalized spacial score (nSPS) is 14.6. The molecule has 0 saturated carbocycles. The van der Waals surface area contributed by atoms with E-state index >= 15 is 8.63 Å². The van der Waals surface area contributed by atoms with Crippen molar-refractivity contribution in [3.05, 3.63) is 114 Å². The smallest absolute Gasteiger partial charge is 0.430 e. The first-order valence-corrected chi connectivity index (χ1v) is 9.24. The maximum absolute atomic E-state index is 15.7. The van der Waals surface area contributed by atoms with Crippen LogP contribution in [-0.4, -0.2) is 6.84 Å². The summed E-state index contributed by atoms with van der Waals surface area (Å²) in [7, 11) is 0. The van der Waals surface area contributed by atoms with Gasteiger partial charge in [-0.25, -0.2) is 0 Å². The maximum atomic E-state index is 15.7. The number of nitrogens with zero attached hydrogens (tertiary/aromatic N) is 1. The summed E-state index contributed by atoms with van der Waals surface area (Å²) < 4.78 is 32.4. The van der Waals surface area contributed by atoms with Crippen LogP contribution in [0.15, 0.2) is 103 Å². The predicted molar refractivity (Wildman–Crippen MR) is 110 cm³/mol. The number of nitrogens with one attached hydrogen (secondary N) is 1. The van der Waals surface area contributed by atoms with E-state index < -0.39 is 6.84 Å². The van der Waals surface area contributed by atoms with Gasteiger partial charge in [-0.2, -0.15) is 0 Å². The Morgan fingerprint density at radius 1 is 0.714 bits per heavy atom. The molecule has 0 spiro atoms. The molecule has 0 atom stereocenters. The SMILES string of the molecule is F[B-]1(F)C(=C(c2ccccc2)c2ccccc2)Nc2c3ccccc3cc[n+]21. The van der Waals surface area contributed by atoms with Crippen LogP contribution in [0.5, 0.6) is 0 Å². The molecule has 136 valence electrons. The molecule has 5 rings (SSSR count). The Hall–Kier alpha value is -3.47. The van der Waals surface area contributed by atoms with Crippen LogP contribution < -0.4 is 9.79 Å². The van der Waals surface area contributed by atoms with Crippen LogP contribution in [0.1, 0.15) is 11.1 Å². The molecule has 2 nitrogen and oxygen atoms in total. The lowest BCUT2D eigenvalue weighted by Gasteiger charge is -2.19. The van der Waals surface area contributed by atoms with Gasteiger partial charge in [-0.05, 0) is 28.6 Å².